The minimum Gasteiger partial charge on any atom is -0.453 e. The fourth-order valence-electron chi connectivity index (χ4n) is 1.17. The predicted octanol–water partition coefficient (Wildman–Crippen LogP) is 1.37. The molecule has 0 bridgehead atoms. The average molecular weight is 180 g/mol. The number of hydrogen-bond donors (Lipinski definition) is 1. The number of hydrazone groups is 1. The van der Waals surface area contributed by atoms with E-state index in [1.807, 2.05) is 13.0 Å². The first-order valence-electron chi connectivity index (χ1n) is 3.97. The minimum absolute atomic E-state index is 0.303. The monoisotopic (exact) mass is 180 g/mol. The summed E-state index contributed by atoms with van der Waals surface area (Å²) >= 11 is 0. The Kier molecular flexibility index (Phi) is 1.88. The Bertz CT molecular complexity index is 363. The van der Waals surface area contributed by atoms with E-state index in [4.69, 9.17) is 4.74 Å². The molecule has 0 aromatic heterocycles. The molecule has 0 atom stereocenters. The lowest BCUT2D eigenvalue weighted by Gasteiger charge is -2.02. The van der Waals surface area contributed by atoms with Gasteiger partial charge in [-0.3, -0.25) is 5.43 Å². The van der Waals surface area contributed by atoms with Crippen LogP contribution in [-0.4, -0.2) is 12.6 Å². The summed E-state index contributed by atoms with van der Waals surface area (Å²) in [6.07, 6.45) is 0. The molecule has 0 radical (unpaired) electrons. The first-order chi connectivity index (χ1) is 6.27. The van der Waals surface area contributed by atoms with Crippen molar-refractivity contribution in [3.05, 3.63) is 35.1 Å². The third-order valence-electron chi connectivity index (χ3n) is 1.81. The first-order valence-corrected chi connectivity index (χ1v) is 3.97. The van der Waals surface area contributed by atoms with Gasteiger partial charge < -0.3 is 4.74 Å². The molecule has 1 aromatic carbocycles. The lowest BCUT2D eigenvalue weighted by Crippen LogP contribution is -2.04. The highest BCUT2D eigenvalue weighted by Gasteiger charge is 2.14. The second-order valence-corrected chi connectivity index (χ2v) is 2.85. The van der Waals surface area contributed by atoms with Crippen LogP contribution in [-0.2, 0) is 4.74 Å². The van der Waals surface area contributed by atoms with Gasteiger partial charge in [0.15, 0.2) is 6.73 Å². The first kappa shape index (κ1) is 8.04. The topological polar surface area (TPSA) is 33.6 Å². The quantitative estimate of drug-likeness (QED) is 0.708. The van der Waals surface area contributed by atoms with Gasteiger partial charge in [-0.2, -0.15) is 0 Å². The van der Waals surface area contributed by atoms with Gasteiger partial charge in [-0.25, -0.2) is 4.39 Å². The molecule has 3 nitrogen and oxygen atoms in total. The zero-order valence-electron chi connectivity index (χ0n) is 7.17. The maximum atomic E-state index is 13.3. The lowest BCUT2D eigenvalue weighted by molar-refractivity contribution is 0.315. The third kappa shape index (κ3) is 1.47. The number of hydrogen-bond acceptors (Lipinski definition) is 3. The van der Waals surface area contributed by atoms with Crippen LogP contribution in [0, 0.1) is 12.7 Å². The number of aryl methyl sites for hydroxylation is 1. The average Bonchev–Trinajstić information content (AvgIpc) is 2.56. The van der Waals surface area contributed by atoms with Crippen molar-refractivity contribution in [2.24, 2.45) is 5.10 Å². The summed E-state index contributed by atoms with van der Waals surface area (Å²) in [7, 11) is 0. The Balaban J connectivity index is 2.40. The molecule has 1 aliphatic heterocycles. The highest BCUT2D eigenvalue weighted by molar-refractivity contribution is 5.94. The normalized spacial score (nSPS) is 14.8. The second-order valence-electron chi connectivity index (χ2n) is 2.85. The number of ether oxygens (including phenoxy) is 1. The maximum absolute atomic E-state index is 13.3. The van der Waals surface area contributed by atoms with Gasteiger partial charge in [0.25, 0.3) is 0 Å². The molecule has 0 saturated carbocycles. The fourth-order valence-corrected chi connectivity index (χ4v) is 1.17. The van der Waals surface area contributed by atoms with Crippen molar-refractivity contribution >= 4 is 5.90 Å². The Labute approximate surface area is 75.2 Å². The van der Waals surface area contributed by atoms with Gasteiger partial charge in [-0.15, -0.1) is 5.10 Å². The molecule has 0 fully saturated rings. The van der Waals surface area contributed by atoms with Crippen molar-refractivity contribution in [1.29, 1.82) is 0 Å². The van der Waals surface area contributed by atoms with E-state index in [0.29, 0.717) is 18.2 Å². The Morgan fingerprint density at radius 3 is 3.00 bits per heavy atom. The van der Waals surface area contributed by atoms with E-state index in [9.17, 15) is 4.39 Å². The van der Waals surface area contributed by atoms with Crippen LogP contribution in [0.3, 0.4) is 0 Å². The van der Waals surface area contributed by atoms with Gasteiger partial charge in [0.1, 0.15) is 5.82 Å². The maximum Gasteiger partial charge on any atom is 0.242 e. The molecule has 0 saturated heterocycles. The number of nitrogens with one attached hydrogen (secondary N) is 1. The minimum atomic E-state index is -0.303. The zero-order chi connectivity index (χ0) is 9.26. The molecule has 0 aliphatic carbocycles. The zero-order valence-corrected chi connectivity index (χ0v) is 7.17. The van der Waals surface area contributed by atoms with Crippen molar-refractivity contribution in [3.8, 4) is 0 Å². The summed E-state index contributed by atoms with van der Waals surface area (Å²) in [5.41, 5.74) is 3.89. The van der Waals surface area contributed by atoms with E-state index in [2.05, 4.69) is 10.5 Å². The second kappa shape index (κ2) is 3.05. The Hall–Kier alpha value is -1.58. The van der Waals surface area contributed by atoms with E-state index in [0.717, 1.165) is 5.56 Å². The molecule has 13 heavy (non-hydrogen) atoms. The van der Waals surface area contributed by atoms with Crippen LogP contribution in [0.4, 0.5) is 4.39 Å². The van der Waals surface area contributed by atoms with Crippen LogP contribution < -0.4 is 5.43 Å². The van der Waals surface area contributed by atoms with Crippen LogP contribution in [0.15, 0.2) is 23.3 Å². The molecule has 68 valence electrons. The fraction of sp³-hybridized carbons (Fsp3) is 0.222. The Morgan fingerprint density at radius 2 is 2.38 bits per heavy atom. The van der Waals surface area contributed by atoms with Gasteiger partial charge in [0.2, 0.25) is 5.90 Å². The molecule has 0 spiro atoms. The van der Waals surface area contributed by atoms with Gasteiger partial charge in [-0.1, -0.05) is 6.07 Å². The Morgan fingerprint density at radius 1 is 1.54 bits per heavy atom. The number of benzene rings is 1. The van der Waals surface area contributed by atoms with Crippen molar-refractivity contribution in [3.63, 3.8) is 0 Å². The van der Waals surface area contributed by atoms with Crippen LogP contribution in [0.25, 0.3) is 0 Å². The smallest absolute Gasteiger partial charge is 0.242 e. The third-order valence-corrected chi connectivity index (χ3v) is 1.81. The van der Waals surface area contributed by atoms with Gasteiger partial charge in [0.05, 0.1) is 5.56 Å². The molecule has 0 amide bonds. The number of halogens is 1. The lowest BCUT2D eigenvalue weighted by atomic mass is 10.1. The SMILES string of the molecule is Cc1ccc(C2=NNCO2)c(F)c1. The molecule has 4 heteroatoms. The van der Waals surface area contributed by atoms with Gasteiger partial charge in [0, 0.05) is 0 Å². The molecule has 1 heterocycles. The van der Waals surface area contributed by atoms with Crippen LogP contribution in [0.2, 0.25) is 0 Å². The number of nitrogens with zero attached hydrogens (tertiary/aromatic N) is 1. The van der Waals surface area contributed by atoms with E-state index < -0.39 is 0 Å². The molecule has 0 unspecified atom stereocenters. The van der Waals surface area contributed by atoms with Crippen molar-refractivity contribution in [2.75, 3.05) is 6.73 Å². The molecule has 1 aromatic rings. The largest absolute Gasteiger partial charge is 0.453 e. The van der Waals surface area contributed by atoms with E-state index in [-0.39, 0.29) is 5.82 Å². The molecule has 1 aliphatic rings. The summed E-state index contributed by atoms with van der Waals surface area (Å²) in [6.45, 7) is 2.14. The molecule has 2 rings (SSSR count). The van der Waals surface area contributed by atoms with Crippen LogP contribution in [0.1, 0.15) is 11.1 Å². The van der Waals surface area contributed by atoms with Gasteiger partial charge >= 0.3 is 0 Å². The van der Waals surface area contributed by atoms with Crippen LogP contribution in [0.5, 0.6) is 0 Å². The van der Waals surface area contributed by atoms with E-state index in [1.54, 1.807) is 6.07 Å². The number of rotatable bonds is 1. The van der Waals surface area contributed by atoms with Crippen LogP contribution >= 0.6 is 0 Å². The van der Waals surface area contributed by atoms with Crippen molar-refractivity contribution in [1.82, 2.24) is 5.43 Å². The van der Waals surface area contributed by atoms with Gasteiger partial charge in [-0.05, 0) is 24.6 Å². The van der Waals surface area contributed by atoms with E-state index in [1.165, 1.54) is 6.07 Å². The van der Waals surface area contributed by atoms with Crippen molar-refractivity contribution in [2.45, 2.75) is 6.92 Å². The molecular weight excluding hydrogens is 171 g/mol. The summed E-state index contributed by atoms with van der Waals surface area (Å²) in [5, 5.41) is 3.80. The highest BCUT2D eigenvalue weighted by Crippen LogP contribution is 2.12. The van der Waals surface area contributed by atoms with Crippen molar-refractivity contribution < 1.29 is 9.13 Å². The summed E-state index contributed by atoms with van der Waals surface area (Å²) in [6, 6.07) is 4.94. The highest BCUT2D eigenvalue weighted by atomic mass is 19.1. The molecular formula is C9H9FN2O. The summed E-state index contributed by atoms with van der Waals surface area (Å²) < 4.78 is 18.4. The molecule has 1 N–H and O–H groups in total. The van der Waals surface area contributed by atoms with E-state index >= 15 is 0 Å². The standard InChI is InChI=1S/C9H9FN2O/c1-6-2-3-7(8(10)4-6)9-12-11-5-13-9/h2-4,11H,5H2,1H3. The summed E-state index contributed by atoms with van der Waals surface area (Å²) in [5.74, 6) is 0.0138. The predicted molar refractivity (Wildman–Crippen MR) is 46.8 cm³/mol. The summed E-state index contributed by atoms with van der Waals surface area (Å²) in [4.78, 5) is 0.